The van der Waals surface area contributed by atoms with Gasteiger partial charge >= 0.3 is 0 Å². The number of nitrogens with zero attached hydrogens (tertiary/aromatic N) is 1. The quantitative estimate of drug-likeness (QED) is 0.496. The van der Waals surface area contributed by atoms with Crippen LogP contribution in [-0.2, 0) is 0 Å². The molecule has 2 aliphatic carbocycles. The van der Waals surface area contributed by atoms with Crippen LogP contribution in [0.2, 0.25) is 0 Å². The van der Waals surface area contributed by atoms with E-state index in [9.17, 15) is 0 Å². The Bertz CT molecular complexity index is 197. The summed E-state index contributed by atoms with van der Waals surface area (Å²) in [4.78, 5) is 4.39. The fraction of sp³-hybridized carbons (Fsp3) is 0.929. The fourth-order valence-electron chi connectivity index (χ4n) is 3.38. The lowest BCUT2D eigenvalue weighted by molar-refractivity contribution is 0.488. The molecule has 16 heavy (non-hydrogen) atoms. The molecule has 2 saturated carbocycles. The highest BCUT2D eigenvalue weighted by atomic mass is 31.1. The Morgan fingerprint density at radius 3 is 1.62 bits per heavy atom. The smallest absolute Gasteiger partial charge is 0.0277 e. The maximum atomic E-state index is 4.39. The summed E-state index contributed by atoms with van der Waals surface area (Å²) in [6.45, 7) is 0. The van der Waals surface area contributed by atoms with Crippen molar-refractivity contribution in [1.29, 1.82) is 0 Å². The van der Waals surface area contributed by atoms with E-state index in [1.165, 1.54) is 64.2 Å². The molecule has 0 radical (unpaired) electrons. The second kappa shape index (κ2) is 6.74. The second-order valence-electron chi connectivity index (χ2n) is 5.40. The molecule has 0 saturated heterocycles. The van der Waals surface area contributed by atoms with Crippen LogP contribution in [0.5, 0.6) is 0 Å². The van der Waals surface area contributed by atoms with E-state index in [-0.39, 0.29) is 7.92 Å². The highest BCUT2D eigenvalue weighted by Gasteiger charge is 2.29. The molecular formula is C14H26NP. The van der Waals surface area contributed by atoms with Crippen molar-refractivity contribution in [2.45, 2.75) is 75.5 Å². The predicted octanol–water partition coefficient (Wildman–Crippen LogP) is 4.79. The molecule has 0 aromatic heterocycles. The molecule has 0 bridgehead atoms. The molecular weight excluding hydrogens is 213 g/mol. The van der Waals surface area contributed by atoms with Gasteiger partial charge in [-0.05, 0) is 37.0 Å². The standard InChI is InChI=1S/C14H26NP/c1-15-12-16(13-8-4-2-5-9-13)14-10-6-3-7-11-14/h12-14H,2-11H2,1H3. The van der Waals surface area contributed by atoms with Gasteiger partial charge in [-0.3, -0.25) is 4.99 Å². The minimum absolute atomic E-state index is 0.111. The molecule has 0 heterocycles. The summed E-state index contributed by atoms with van der Waals surface area (Å²) in [7, 11) is 2.08. The number of hydrogen-bond donors (Lipinski definition) is 0. The third kappa shape index (κ3) is 3.29. The summed E-state index contributed by atoms with van der Waals surface area (Å²) >= 11 is 0. The Hall–Kier alpha value is 0.100. The number of aliphatic imine (C=N–C) groups is 1. The summed E-state index contributed by atoms with van der Waals surface area (Å²) in [5.41, 5.74) is 2.05. The van der Waals surface area contributed by atoms with E-state index in [1.54, 1.807) is 0 Å². The third-order valence-corrected chi connectivity index (χ3v) is 7.46. The molecule has 0 N–H and O–H groups in total. The van der Waals surface area contributed by atoms with Crippen LogP contribution in [0.25, 0.3) is 0 Å². The summed E-state index contributed by atoms with van der Waals surface area (Å²) < 4.78 is 0. The molecule has 0 amide bonds. The van der Waals surface area contributed by atoms with Crippen molar-refractivity contribution < 1.29 is 0 Å². The van der Waals surface area contributed by atoms with Crippen LogP contribution in [0.4, 0.5) is 0 Å². The van der Waals surface area contributed by atoms with Crippen LogP contribution in [0.1, 0.15) is 64.2 Å². The zero-order valence-electron chi connectivity index (χ0n) is 10.7. The summed E-state index contributed by atoms with van der Waals surface area (Å²) in [6, 6.07) is 0. The Morgan fingerprint density at radius 1 is 0.812 bits per heavy atom. The highest BCUT2D eigenvalue weighted by molar-refractivity contribution is 7.74. The van der Waals surface area contributed by atoms with Gasteiger partial charge in [0.25, 0.3) is 0 Å². The van der Waals surface area contributed by atoms with Gasteiger partial charge in [-0.2, -0.15) is 0 Å². The van der Waals surface area contributed by atoms with Crippen LogP contribution in [0, 0.1) is 0 Å². The molecule has 0 aromatic rings. The lowest BCUT2D eigenvalue weighted by atomic mass is 9.99. The van der Waals surface area contributed by atoms with E-state index >= 15 is 0 Å². The predicted molar refractivity (Wildman–Crippen MR) is 75.1 cm³/mol. The van der Waals surface area contributed by atoms with E-state index in [0.29, 0.717) is 0 Å². The third-order valence-electron chi connectivity index (χ3n) is 4.24. The van der Waals surface area contributed by atoms with Crippen molar-refractivity contribution in [1.82, 2.24) is 0 Å². The van der Waals surface area contributed by atoms with E-state index in [0.717, 1.165) is 11.3 Å². The minimum Gasteiger partial charge on any atom is -0.296 e. The number of hydrogen-bond acceptors (Lipinski definition) is 1. The van der Waals surface area contributed by atoms with Gasteiger partial charge < -0.3 is 0 Å². The van der Waals surface area contributed by atoms with E-state index < -0.39 is 0 Å². The largest absolute Gasteiger partial charge is 0.296 e. The molecule has 0 atom stereocenters. The average molecular weight is 239 g/mol. The van der Waals surface area contributed by atoms with Crippen molar-refractivity contribution in [3.63, 3.8) is 0 Å². The van der Waals surface area contributed by atoms with Crippen LogP contribution < -0.4 is 0 Å². The molecule has 2 fully saturated rings. The van der Waals surface area contributed by atoms with Gasteiger partial charge in [0.2, 0.25) is 0 Å². The Labute approximate surface area is 102 Å². The molecule has 0 spiro atoms. The van der Waals surface area contributed by atoms with Gasteiger partial charge in [0.15, 0.2) is 0 Å². The Balaban J connectivity index is 1.96. The maximum absolute atomic E-state index is 4.39. The van der Waals surface area contributed by atoms with E-state index in [1.807, 2.05) is 7.05 Å². The summed E-state index contributed by atoms with van der Waals surface area (Å²) in [5, 5.41) is 0. The average Bonchev–Trinajstić information content (AvgIpc) is 2.38. The molecule has 2 heteroatoms. The SMILES string of the molecule is CN=CP(C1CCCCC1)C1CCCCC1. The first-order valence-electron chi connectivity index (χ1n) is 7.11. The lowest BCUT2D eigenvalue weighted by Gasteiger charge is -2.35. The Kier molecular flexibility index (Phi) is 5.29. The van der Waals surface area contributed by atoms with Gasteiger partial charge in [-0.1, -0.05) is 46.4 Å². The van der Waals surface area contributed by atoms with Crippen molar-refractivity contribution in [3.8, 4) is 0 Å². The van der Waals surface area contributed by atoms with Gasteiger partial charge in [0.05, 0.1) is 0 Å². The monoisotopic (exact) mass is 239 g/mol. The van der Waals surface area contributed by atoms with Gasteiger partial charge in [0, 0.05) is 13.0 Å². The van der Waals surface area contributed by atoms with Crippen molar-refractivity contribution >= 4 is 13.9 Å². The molecule has 0 aliphatic heterocycles. The zero-order chi connectivity index (χ0) is 11.2. The van der Waals surface area contributed by atoms with Crippen molar-refractivity contribution in [2.75, 3.05) is 7.05 Å². The first kappa shape index (κ1) is 12.6. The van der Waals surface area contributed by atoms with Gasteiger partial charge in [-0.25, -0.2) is 0 Å². The van der Waals surface area contributed by atoms with Crippen LogP contribution in [-0.4, -0.2) is 24.3 Å². The van der Waals surface area contributed by atoms with Crippen molar-refractivity contribution in [3.05, 3.63) is 0 Å². The first-order valence-corrected chi connectivity index (χ1v) is 8.66. The topological polar surface area (TPSA) is 12.4 Å². The van der Waals surface area contributed by atoms with Gasteiger partial charge in [-0.15, -0.1) is 0 Å². The zero-order valence-corrected chi connectivity index (χ0v) is 11.6. The second-order valence-corrected chi connectivity index (χ2v) is 7.99. The maximum Gasteiger partial charge on any atom is 0.0277 e. The van der Waals surface area contributed by atoms with Crippen LogP contribution in [0.3, 0.4) is 0 Å². The lowest BCUT2D eigenvalue weighted by Crippen LogP contribution is -2.20. The molecule has 92 valence electrons. The Morgan fingerprint density at radius 2 is 1.25 bits per heavy atom. The van der Waals surface area contributed by atoms with E-state index in [2.05, 4.69) is 10.9 Å². The van der Waals surface area contributed by atoms with Crippen molar-refractivity contribution in [2.24, 2.45) is 4.99 Å². The van der Waals surface area contributed by atoms with Crippen LogP contribution >= 0.6 is 7.92 Å². The number of rotatable bonds is 3. The fourth-order valence-corrected chi connectivity index (χ4v) is 6.54. The first-order chi connectivity index (χ1) is 7.92. The highest BCUT2D eigenvalue weighted by Crippen LogP contribution is 2.53. The molecule has 0 unspecified atom stereocenters. The summed E-state index contributed by atoms with van der Waals surface area (Å²) in [6.07, 6.45) is 14.9. The molecule has 2 rings (SSSR count). The molecule has 1 nitrogen and oxygen atoms in total. The molecule has 2 aliphatic rings. The van der Waals surface area contributed by atoms with Crippen LogP contribution in [0.15, 0.2) is 4.99 Å². The summed E-state index contributed by atoms with van der Waals surface area (Å²) in [5.74, 6) is 2.36. The van der Waals surface area contributed by atoms with Gasteiger partial charge in [0.1, 0.15) is 0 Å². The normalized spacial score (nSPS) is 25.6. The minimum atomic E-state index is 0.111. The molecule has 0 aromatic carbocycles. The van der Waals surface area contributed by atoms with E-state index in [4.69, 9.17) is 0 Å².